The van der Waals surface area contributed by atoms with E-state index in [1.165, 1.54) is 6.07 Å². The maximum absolute atomic E-state index is 13.3. The van der Waals surface area contributed by atoms with Gasteiger partial charge in [-0.1, -0.05) is 24.6 Å². The molecule has 5 nitrogen and oxygen atoms in total. The average Bonchev–Trinajstić information content (AvgIpc) is 2.44. The van der Waals surface area contributed by atoms with Crippen LogP contribution in [-0.2, 0) is 11.2 Å². The van der Waals surface area contributed by atoms with Crippen LogP contribution >= 0.6 is 0 Å². The maximum atomic E-state index is 13.3. The Kier molecular flexibility index (Phi) is 7.86. The summed E-state index contributed by atoms with van der Waals surface area (Å²) in [5, 5.41) is 13.8. The van der Waals surface area contributed by atoms with E-state index in [1.54, 1.807) is 18.2 Å². The van der Waals surface area contributed by atoms with Gasteiger partial charge in [0, 0.05) is 19.5 Å². The molecule has 0 fully saturated rings. The van der Waals surface area contributed by atoms with E-state index in [4.69, 9.17) is 5.11 Å². The van der Waals surface area contributed by atoms with Crippen LogP contribution < -0.4 is 10.6 Å². The Bertz CT molecular complexity index is 466. The molecule has 0 spiro atoms. The molecule has 1 rings (SSSR count). The second-order valence-corrected chi connectivity index (χ2v) is 4.73. The van der Waals surface area contributed by atoms with Crippen molar-refractivity contribution in [2.24, 2.45) is 0 Å². The largest absolute Gasteiger partial charge is 0.481 e. The first kappa shape index (κ1) is 16.9. The van der Waals surface area contributed by atoms with E-state index in [0.29, 0.717) is 31.5 Å². The number of rotatable bonds is 9. The lowest BCUT2D eigenvalue weighted by atomic mass is 10.1. The van der Waals surface area contributed by atoms with Crippen LogP contribution in [-0.4, -0.2) is 30.2 Å². The molecular weight excluding hydrogens is 275 g/mol. The van der Waals surface area contributed by atoms with E-state index in [9.17, 15) is 14.0 Å². The lowest BCUT2D eigenvalue weighted by Crippen LogP contribution is -2.37. The summed E-state index contributed by atoms with van der Waals surface area (Å²) in [4.78, 5) is 21.7. The summed E-state index contributed by atoms with van der Waals surface area (Å²) in [6.07, 6.45) is 2.73. The summed E-state index contributed by atoms with van der Waals surface area (Å²) in [6.45, 7) is 0.872. The van der Waals surface area contributed by atoms with Gasteiger partial charge in [0.1, 0.15) is 5.82 Å². The maximum Gasteiger partial charge on any atom is 0.314 e. The summed E-state index contributed by atoms with van der Waals surface area (Å²) in [5.74, 6) is -1.06. The molecule has 0 bridgehead atoms. The number of unbranched alkanes of at least 4 members (excludes halogenated alkanes) is 2. The minimum absolute atomic E-state index is 0.162. The molecule has 0 aliphatic rings. The van der Waals surface area contributed by atoms with Crippen molar-refractivity contribution in [1.82, 2.24) is 10.6 Å². The molecule has 1 aromatic rings. The molecule has 6 heteroatoms. The quantitative estimate of drug-likeness (QED) is 0.612. The molecule has 3 N–H and O–H groups in total. The standard InChI is InChI=1S/C15H21FN2O3/c16-13-7-4-3-6-12(13)9-11-18-15(21)17-10-5-1-2-8-14(19)20/h3-4,6-7H,1-2,5,8-11H2,(H,19,20)(H2,17,18,21). The van der Waals surface area contributed by atoms with Crippen molar-refractivity contribution in [2.45, 2.75) is 32.1 Å². The minimum atomic E-state index is -0.797. The van der Waals surface area contributed by atoms with Crippen LogP contribution in [0.15, 0.2) is 24.3 Å². The van der Waals surface area contributed by atoms with Gasteiger partial charge in [-0.15, -0.1) is 0 Å². The number of benzene rings is 1. The van der Waals surface area contributed by atoms with Gasteiger partial charge in [-0.2, -0.15) is 0 Å². The molecule has 0 aliphatic carbocycles. The fourth-order valence-corrected chi connectivity index (χ4v) is 1.85. The third kappa shape index (κ3) is 7.91. The van der Waals surface area contributed by atoms with Gasteiger partial charge < -0.3 is 15.7 Å². The number of carbonyl (C=O) groups is 2. The second-order valence-electron chi connectivity index (χ2n) is 4.73. The van der Waals surface area contributed by atoms with Crippen LogP contribution in [0, 0.1) is 5.82 Å². The first-order chi connectivity index (χ1) is 10.1. The zero-order valence-electron chi connectivity index (χ0n) is 11.9. The van der Waals surface area contributed by atoms with Crippen LogP contribution in [0.1, 0.15) is 31.2 Å². The second kappa shape index (κ2) is 9.74. The topological polar surface area (TPSA) is 78.4 Å². The van der Waals surface area contributed by atoms with E-state index in [0.717, 1.165) is 12.8 Å². The Morgan fingerprint density at radius 1 is 1.05 bits per heavy atom. The molecule has 0 aliphatic heterocycles. The van der Waals surface area contributed by atoms with Crippen LogP contribution in [0.3, 0.4) is 0 Å². The number of hydrogen-bond acceptors (Lipinski definition) is 2. The predicted octanol–water partition coefficient (Wildman–Crippen LogP) is 2.31. The number of hydrogen-bond donors (Lipinski definition) is 3. The van der Waals surface area contributed by atoms with Crippen molar-refractivity contribution in [1.29, 1.82) is 0 Å². The zero-order chi connectivity index (χ0) is 15.5. The highest BCUT2D eigenvalue weighted by atomic mass is 19.1. The summed E-state index contributed by atoms with van der Waals surface area (Å²) < 4.78 is 13.3. The lowest BCUT2D eigenvalue weighted by Gasteiger charge is -2.08. The smallest absolute Gasteiger partial charge is 0.314 e. The summed E-state index contributed by atoms with van der Waals surface area (Å²) in [7, 11) is 0. The molecule has 0 aromatic heterocycles. The van der Waals surface area contributed by atoms with Crippen LogP contribution in [0.5, 0.6) is 0 Å². The van der Waals surface area contributed by atoms with E-state index in [2.05, 4.69) is 10.6 Å². The van der Waals surface area contributed by atoms with Gasteiger partial charge in [-0.05, 0) is 30.9 Å². The molecule has 0 atom stereocenters. The summed E-state index contributed by atoms with van der Waals surface area (Å²) >= 11 is 0. The van der Waals surface area contributed by atoms with E-state index >= 15 is 0 Å². The van der Waals surface area contributed by atoms with Crippen molar-refractivity contribution >= 4 is 12.0 Å². The summed E-state index contributed by atoms with van der Waals surface area (Å²) in [6, 6.07) is 6.19. The lowest BCUT2D eigenvalue weighted by molar-refractivity contribution is -0.137. The number of urea groups is 1. The molecule has 21 heavy (non-hydrogen) atoms. The number of carboxylic acids is 1. The van der Waals surface area contributed by atoms with Crippen LogP contribution in [0.25, 0.3) is 0 Å². The highest BCUT2D eigenvalue weighted by Crippen LogP contribution is 2.06. The van der Waals surface area contributed by atoms with Gasteiger partial charge in [0.15, 0.2) is 0 Å². The van der Waals surface area contributed by atoms with Crippen molar-refractivity contribution in [3.8, 4) is 0 Å². The number of carbonyl (C=O) groups excluding carboxylic acids is 1. The monoisotopic (exact) mass is 296 g/mol. The van der Waals surface area contributed by atoms with Crippen molar-refractivity contribution in [3.05, 3.63) is 35.6 Å². The number of halogens is 1. The molecule has 0 saturated heterocycles. The summed E-state index contributed by atoms with van der Waals surface area (Å²) in [5.41, 5.74) is 0.575. The highest BCUT2D eigenvalue weighted by Gasteiger charge is 2.03. The Balaban J connectivity index is 2.04. The first-order valence-corrected chi connectivity index (χ1v) is 7.06. The zero-order valence-corrected chi connectivity index (χ0v) is 11.9. The Morgan fingerprint density at radius 3 is 2.48 bits per heavy atom. The van der Waals surface area contributed by atoms with Gasteiger partial charge >= 0.3 is 12.0 Å². The predicted molar refractivity (Wildman–Crippen MR) is 77.6 cm³/mol. The van der Waals surface area contributed by atoms with Gasteiger partial charge in [0.05, 0.1) is 0 Å². The average molecular weight is 296 g/mol. The Morgan fingerprint density at radius 2 is 1.76 bits per heavy atom. The SMILES string of the molecule is O=C(O)CCCCCNC(=O)NCCc1ccccc1F. The van der Waals surface area contributed by atoms with Crippen molar-refractivity contribution in [2.75, 3.05) is 13.1 Å². The number of carboxylic acid groups (broad SMARTS) is 1. The van der Waals surface area contributed by atoms with Gasteiger partial charge in [-0.3, -0.25) is 4.79 Å². The number of aliphatic carboxylic acids is 1. The van der Waals surface area contributed by atoms with Gasteiger partial charge in [0.25, 0.3) is 0 Å². The Hall–Kier alpha value is -2.11. The van der Waals surface area contributed by atoms with E-state index in [1.807, 2.05) is 0 Å². The molecule has 2 amide bonds. The van der Waals surface area contributed by atoms with Crippen LogP contribution in [0.2, 0.25) is 0 Å². The molecule has 0 radical (unpaired) electrons. The van der Waals surface area contributed by atoms with E-state index < -0.39 is 5.97 Å². The fourth-order valence-electron chi connectivity index (χ4n) is 1.85. The highest BCUT2D eigenvalue weighted by molar-refractivity contribution is 5.73. The van der Waals surface area contributed by atoms with Gasteiger partial charge in [0.2, 0.25) is 0 Å². The third-order valence-corrected chi connectivity index (χ3v) is 2.99. The number of amides is 2. The Labute approximate surface area is 123 Å². The third-order valence-electron chi connectivity index (χ3n) is 2.99. The molecule has 0 heterocycles. The van der Waals surface area contributed by atoms with Gasteiger partial charge in [-0.25, -0.2) is 9.18 Å². The van der Waals surface area contributed by atoms with E-state index in [-0.39, 0.29) is 18.3 Å². The molecular formula is C15H21FN2O3. The van der Waals surface area contributed by atoms with Crippen molar-refractivity contribution < 1.29 is 19.1 Å². The normalized spacial score (nSPS) is 10.1. The molecule has 0 unspecified atom stereocenters. The number of nitrogens with one attached hydrogen (secondary N) is 2. The van der Waals surface area contributed by atoms with Crippen LogP contribution in [0.4, 0.5) is 9.18 Å². The van der Waals surface area contributed by atoms with Crippen molar-refractivity contribution in [3.63, 3.8) is 0 Å². The molecule has 116 valence electrons. The first-order valence-electron chi connectivity index (χ1n) is 7.06. The fraction of sp³-hybridized carbons (Fsp3) is 0.467. The molecule has 1 aromatic carbocycles. The minimum Gasteiger partial charge on any atom is -0.481 e. The molecule has 0 saturated carbocycles.